The van der Waals surface area contributed by atoms with Gasteiger partial charge in [0.2, 0.25) is 5.95 Å². The second kappa shape index (κ2) is 5.95. The number of carbonyl (C=O) groups is 1. The van der Waals surface area contributed by atoms with Gasteiger partial charge in [-0.3, -0.25) is 10.1 Å². The highest BCUT2D eigenvalue weighted by atomic mass is 32.1. The van der Waals surface area contributed by atoms with E-state index in [2.05, 4.69) is 20.7 Å². The molecule has 2 N–H and O–H groups in total. The molecular weight excluding hydrogens is 286 g/mol. The minimum atomic E-state index is -0.125. The van der Waals surface area contributed by atoms with Gasteiger partial charge in [0, 0.05) is 17.8 Å². The molecule has 0 aliphatic carbocycles. The number of aromatic nitrogens is 3. The second-order valence-corrected chi connectivity index (χ2v) is 6.59. The van der Waals surface area contributed by atoms with Crippen molar-refractivity contribution in [3.8, 4) is 0 Å². The maximum Gasteiger partial charge on any atom is 0.268 e. The lowest BCUT2D eigenvalue weighted by molar-refractivity contribution is 0.102. The van der Waals surface area contributed by atoms with E-state index >= 15 is 0 Å². The molecule has 7 heteroatoms. The molecule has 0 atom stereocenters. The van der Waals surface area contributed by atoms with Crippen molar-refractivity contribution in [1.82, 2.24) is 20.1 Å². The highest BCUT2D eigenvalue weighted by molar-refractivity contribution is 7.14. The van der Waals surface area contributed by atoms with E-state index < -0.39 is 0 Å². The van der Waals surface area contributed by atoms with Crippen LogP contribution in [0.4, 0.5) is 5.95 Å². The quantitative estimate of drug-likeness (QED) is 0.908. The number of piperidine rings is 1. The van der Waals surface area contributed by atoms with Gasteiger partial charge in [-0.1, -0.05) is 0 Å². The smallest absolute Gasteiger partial charge is 0.268 e. The van der Waals surface area contributed by atoms with Crippen molar-refractivity contribution in [2.75, 3.05) is 18.4 Å². The van der Waals surface area contributed by atoms with Crippen molar-refractivity contribution in [3.63, 3.8) is 0 Å². The molecule has 1 aliphatic heterocycles. The standard InChI is InChI=1S/C14H19N5OS/c1-9-3-4-11(21-9)13(20)17-14-16-12(18-19(14)2)10-5-7-15-8-6-10/h3-4,10,15H,5-8H2,1-2H3,(H,16,17,18,20). The summed E-state index contributed by atoms with van der Waals surface area (Å²) in [4.78, 5) is 18.5. The van der Waals surface area contributed by atoms with Crippen LogP contribution in [0.5, 0.6) is 0 Å². The number of carbonyl (C=O) groups excluding carboxylic acids is 1. The van der Waals surface area contributed by atoms with E-state index in [1.807, 2.05) is 26.1 Å². The van der Waals surface area contributed by atoms with E-state index in [-0.39, 0.29) is 5.91 Å². The zero-order valence-corrected chi connectivity index (χ0v) is 13.0. The summed E-state index contributed by atoms with van der Waals surface area (Å²) in [6.07, 6.45) is 2.09. The van der Waals surface area contributed by atoms with Crippen LogP contribution in [-0.2, 0) is 7.05 Å². The molecule has 0 radical (unpaired) electrons. The Morgan fingerprint density at radius 2 is 2.19 bits per heavy atom. The van der Waals surface area contributed by atoms with Gasteiger partial charge in [0.15, 0.2) is 5.82 Å². The summed E-state index contributed by atoms with van der Waals surface area (Å²) in [6.45, 7) is 3.98. The molecule has 1 saturated heterocycles. The summed E-state index contributed by atoms with van der Waals surface area (Å²) in [5.41, 5.74) is 0. The fourth-order valence-corrected chi connectivity index (χ4v) is 3.25. The van der Waals surface area contributed by atoms with Gasteiger partial charge in [0.05, 0.1) is 4.88 Å². The van der Waals surface area contributed by atoms with E-state index in [0.29, 0.717) is 16.7 Å². The van der Waals surface area contributed by atoms with Gasteiger partial charge >= 0.3 is 0 Å². The maximum absolute atomic E-state index is 12.2. The number of nitrogens with one attached hydrogen (secondary N) is 2. The molecule has 3 rings (SSSR count). The Bertz CT molecular complexity index is 642. The molecule has 0 unspecified atom stereocenters. The van der Waals surface area contributed by atoms with Gasteiger partial charge in [0.25, 0.3) is 5.91 Å². The summed E-state index contributed by atoms with van der Waals surface area (Å²) in [6, 6.07) is 3.77. The van der Waals surface area contributed by atoms with Crippen molar-refractivity contribution in [2.24, 2.45) is 7.05 Å². The molecule has 0 aromatic carbocycles. The van der Waals surface area contributed by atoms with E-state index in [1.165, 1.54) is 11.3 Å². The second-order valence-electron chi connectivity index (χ2n) is 5.31. The van der Waals surface area contributed by atoms with Crippen molar-refractivity contribution in [3.05, 3.63) is 27.7 Å². The zero-order valence-electron chi connectivity index (χ0n) is 12.2. The Hall–Kier alpha value is -1.73. The topological polar surface area (TPSA) is 71.8 Å². The summed E-state index contributed by atoms with van der Waals surface area (Å²) in [5.74, 6) is 1.60. The number of hydrogen-bond donors (Lipinski definition) is 2. The molecule has 1 fully saturated rings. The molecule has 2 aromatic heterocycles. The van der Waals surface area contributed by atoms with Crippen molar-refractivity contribution in [2.45, 2.75) is 25.7 Å². The van der Waals surface area contributed by atoms with E-state index in [0.717, 1.165) is 36.6 Å². The fraction of sp³-hybridized carbons (Fsp3) is 0.500. The molecular formula is C14H19N5OS. The number of thiophene rings is 1. The molecule has 112 valence electrons. The van der Waals surface area contributed by atoms with Gasteiger partial charge in [-0.25, -0.2) is 4.68 Å². The van der Waals surface area contributed by atoms with E-state index in [1.54, 1.807) is 4.68 Å². The Morgan fingerprint density at radius 3 is 2.86 bits per heavy atom. The Balaban J connectivity index is 1.73. The molecule has 0 bridgehead atoms. The average molecular weight is 305 g/mol. The third-order valence-electron chi connectivity index (χ3n) is 3.67. The largest absolute Gasteiger partial charge is 0.317 e. The summed E-state index contributed by atoms with van der Waals surface area (Å²) < 4.78 is 1.65. The van der Waals surface area contributed by atoms with Crippen LogP contribution in [0.15, 0.2) is 12.1 Å². The molecule has 0 spiro atoms. The number of anilines is 1. The number of aryl methyl sites for hydroxylation is 2. The normalized spacial score (nSPS) is 16.1. The first-order valence-corrected chi connectivity index (χ1v) is 7.94. The summed E-state index contributed by atoms with van der Waals surface area (Å²) >= 11 is 1.48. The Labute approximate surface area is 127 Å². The van der Waals surface area contributed by atoms with Crippen LogP contribution in [0.1, 0.15) is 39.1 Å². The summed E-state index contributed by atoms with van der Waals surface area (Å²) in [5, 5.41) is 10.6. The fourth-order valence-electron chi connectivity index (χ4n) is 2.49. The Morgan fingerprint density at radius 1 is 1.43 bits per heavy atom. The molecule has 21 heavy (non-hydrogen) atoms. The van der Waals surface area contributed by atoms with Gasteiger partial charge in [-0.15, -0.1) is 11.3 Å². The lowest BCUT2D eigenvalue weighted by atomic mass is 9.98. The van der Waals surface area contributed by atoms with Crippen molar-refractivity contribution in [1.29, 1.82) is 0 Å². The minimum absolute atomic E-state index is 0.125. The van der Waals surface area contributed by atoms with Gasteiger partial charge in [-0.2, -0.15) is 10.1 Å². The van der Waals surface area contributed by atoms with Crippen LogP contribution in [-0.4, -0.2) is 33.8 Å². The summed E-state index contributed by atoms with van der Waals surface area (Å²) in [7, 11) is 1.81. The lowest BCUT2D eigenvalue weighted by Gasteiger charge is -2.19. The monoisotopic (exact) mass is 305 g/mol. The van der Waals surface area contributed by atoms with Crippen LogP contribution in [0, 0.1) is 6.92 Å². The third-order valence-corrected chi connectivity index (χ3v) is 4.67. The van der Waals surface area contributed by atoms with Crippen molar-refractivity contribution >= 4 is 23.2 Å². The SMILES string of the molecule is Cc1ccc(C(=O)Nc2nc(C3CCNCC3)nn2C)s1. The first-order chi connectivity index (χ1) is 10.1. The molecule has 6 nitrogen and oxygen atoms in total. The maximum atomic E-state index is 12.2. The van der Waals surface area contributed by atoms with Crippen molar-refractivity contribution < 1.29 is 4.79 Å². The lowest BCUT2D eigenvalue weighted by Crippen LogP contribution is -2.27. The van der Waals surface area contributed by atoms with Gasteiger partial charge in [0.1, 0.15) is 0 Å². The highest BCUT2D eigenvalue weighted by Gasteiger charge is 2.21. The van der Waals surface area contributed by atoms with E-state index in [9.17, 15) is 4.79 Å². The molecule has 2 aromatic rings. The predicted molar refractivity (Wildman–Crippen MR) is 82.9 cm³/mol. The number of nitrogens with zero attached hydrogens (tertiary/aromatic N) is 3. The molecule has 1 amide bonds. The highest BCUT2D eigenvalue weighted by Crippen LogP contribution is 2.23. The third kappa shape index (κ3) is 3.14. The van der Waals surface area contributed by atoms with Crippen LogP contribution in [0.25, 0.3) is 0 Å². The van der Waals surface area contributed by atoms with E-state index in [4.69, 9.17) is 0 Å². The predicted octanol–water partition coefficient (Wildman–Crippen LogP) is 1.90. The number of amides is 1. The number of rotatable bonds is 3. The first-order valence-electron chi connectivity index (χ1n) is 7.13. The Kier molecular flexibility index (Phi) is 4.03. The molecule has 1 aliphatic rings. The number of hydrogen-bond acceptors (Lipinski definition) is 5. The zero-order chi connectivity index (χ0) is 14.8. The van der Waals surface area contributed by atoms with Crippen LogP contribution in [0.3, 0.4) is 0 Å². The minimum Gasteiger partial charge on any atom is -0.317 e. The first kappa shape index (κ1) is 14.2. The molecule has 3 heterocycles. The molecule has 0 saturated carbocycles. The van der Waals surface area contributed by atoms with Crippen LogP contribution >= 0.6 is 11.3 Å². The van der Waals surface area contributed by atoms with Crippen LogP contribution in [0.2, 0.25) is 0 Å². The van der Waals surface area contributed by atoms with Gasteiger partial charge in [-0.05, 0) is 45.0 Å². The van der Waals surface area contributed by atoms with Gasteiger partial charge < -0.3 is 5.32 Å². The average Bonchev–Trinajstić information content (AvgIpc) is 3.07. The van der Waals surface area contributed by atoms with Crippen LogP contribution < -0.4 is 10.6 Å².